The number of nitrogens with zero attached hydrogens (tertiary/aromatic N) is 3. The maximum atomic E-state index is 10.2. The Morgan fingerprint density at radius 3 is 2.25 bits per heavy atom. The Labute approximate surface area is 171 Å². The lowest BCUT2D eigenvalue weighted by Gasteiger charge is -2.36. The van der Waals surface area contributed by atoms with Crippen LogP contribution in [0.25, 0.3) is 11.3 Å². The van der Waals surface area contributed by atoms with Crippen LogP contribution in [0.1, 0.15) is 59.1 Å². The summed E-state index contributed by atoms with van der Waals surface area (Å²) in [4.78, 5) is 4.20. The molecule has 7 heteroatoms. The highest BCUT2D eigenvalue weighted by atomic mass is 35.5. The predicted octanol–water partition coefficient (Wildman–Crippen LogP) is 4.16. The first-order valence-electron chi connectivity index (χ1n) is 9.75. The Kier molecular flexibility index (Phi) is 5.94. The van der Waals surface area contributed by atoms with Crippen LogP contribution in [-0.4, -0.2) is 37.0 Å². The topological polar surface area (TPSA) is 91.2 Å². The summed E-state index contributed by atoms with van der Waals surface area (Å²) in [5.41, 5.74) is 1.21. The molecule has 0 aromatic carbocycles. The molecule has 0 saturated heterocycles. The Morgan fingerprint density at radius 2 is 1.71 bits per heavy atom. The van der Waals surface area contributed by atoms with Gasteiger partial charge in [-0.25, -0.2) is 4.98 Å². The zero-order valence-corrected chi connectivity index (χ0v) is 17.7. The van der Waals surface area contributed by atoms with Gasteiger partial charge in [-0.3, -0.25) is 0 Å². The van der Waals surface area contributed by atoms with Gasteiger partial charge in [-0.05, 0) is 77.5 Å². The van der Waals surface area contributed by atoms with Crippen LogP contribution in [0.2, 0.25) is 5.15 Å². The number of rotatable bonds is 5. The maximum Gasteiger partial charge on any atom is 0.131 e. The number of aliphatic hydroxyl groups is 2. The molecular formula is C21H29ClN4O2. The highest BCUT2D eigenvalue weighted by Gasteiger charge is 2.31. The monoisotopic (exact) mass is 404 g/mol. The molecule has 2 aromatic rings. The smallest absolute Gasteiger partial charge is 0.131 e. The van der Waals surface area contributed by atoms with Crippen molar-refractivity contribution in [3.63, 3.8) is 0 Å². The van der Waals surface area contributed by atoms with Gasteiger partial charge in [0.1, 0.15) is 10.8 Å². The molecule has 6 nitrogen and oxygen atoms in total. The van der Waals surface area contributed by atoms with Gasteiger partial charge in [-0.2, -0.15) is 10.2 Å². The SMILES string of the molecule is CC(C)(O)c1ccc(-c2cnc(Cl)cc2NC2CCC(C(C)(C)O)CC2)nn1. The molecule has 1 aliphatic carbocycles. The second-order valence-electron chi connectivity index (χ2n) is 8.76. The third-order valence-corrected chi connectivity index (χ3v) is 5.73. The van der Waals surface area contributed by atoms with E-state index in [2.05, 4.69) is 20.5 Å². The summed E-state index contributed by atoms with van der Waals surface area (Å²) in [5, 5.41) is 32.8. The molecule has 0 aliphatic heterocycles. The summed E-state index contributed by atoms with van der Waals surface area (Å²) < 4.78 is 0. The molecule has 0 spiro atoms. The molecule has 1 saturated carbocycles. The van der Waals surface area contributed by atoms with Crippen molar-refractivity contribution < 1.29 is 10.2 Å². The third kappa shape index (κ3) is 4.99. The minimum absolute atomic E-state index is 0.305. The number of hydrogen-bond donors (Lipinski definition) is 3. The van der Waals surface area contributed by atoms with Gasteiger partial charge in [0.15, 0.2) is 0 Å². The van der Waals surface area contributed by atoms with Crippen molar-refractivity contribution in [3.8, 4) is 11.3 Å². The molecule has 3 rings (SSSR count). The van der Waals surface area contributed by atoms with E-state index < -0.39 is 11.2 Å². The molecule has 0 atom stereocenters. The average molecular weight is 405 g/mol. The second-order valence-corrected chi connectivity index (χ2v) is 9.15. The van der Waals surface area contributed by atoms with Crippen molar-refractivity contribution in [1.82, 2.24) is 15.2 Å². The van der Waals surface area contributed by atoms with E-state index in [0.717, 1.165) is 36.9 Å². The largest absolute Gasteiger partial charge is 0.390 e. The van der Waals surface area contributed by atoms with Gasteiger partial charge >= 0.3 is 0 Å². The number of halogens is 1. The fourth-order valence-corrected chi connectivity index (χ4v) is 3.88. The summed E-state index contributed by atoms with van der Waals surface area (Å²) in [6.07, 6.45) is 5.63. The zero-order valence-electron chi connectivity index (χ0n) is 16.9. The molecular weight excluding hydrogens is 376 g/mol. The van der Waals surface area contributed by atoms with Crippen molar-refractivity contribution >= 4 is 17.3 Å². The number of nitrogens with one attached hydrogen (secondary N) is 1. The molecule has 152 valence electrons. The van der Waals surface area contributed by atoms with Crippen molar-refractivity contribution in [1.29, 1.82) is 0 Å². The number of aromatic nitrogens is 3. The first kappa shape index (κ1) is 21.0. The summed E-state index contributed by atoms with van der Waals surface area (Å²) >= 11 is 6.14. The van der Waals surface area contributed by atoms with Crippen molar-refractivity contribution in [2.45, 2.75) is 70.6 Å². The predicted molar refractivity (Wildman–Crippen MR) is 111 cm³/mol. The average Bonchev–Trinajstić information content (AvgIpc) is 2.61. The third-order valence-electron chi connectivity index (χ3n) is 5.52. The normalized spacial score (nSPS) is 20.8. The second kappa shape index (κ2) is 7.93. The van der Waals surface area contributed by atoms with Crippen LogP contribution >= 0.6 is 11.6 Å². The lowest BCUT2D eigenvalue weighted by atomic mass is 9.77. The number of hydrogen-bond acceptors (Lipinski definition) is 6. The summed E-state index contributed by atoms with van der Waals surface area (Å²) in [6.45, 7) is 7.14. The summed E-state index contributed by atoms with van der Waals surface area (Å²) in [7, 11) is 0. The Morgan fingerprint density at radius 1 is 1.04 bits per heavy atom. The van der Waals surface area contributed by atoms with Crippen LogP contribution in [0.5, 0.6) is 0 Å². The highest BCUT2D eigenvalue weighted by Crippen LogP contribution is 2.35. The van der Waals surface area contributed by atoms with E-state index in [1.165, 1.54) is 0 Å². The van der Waals surface area contributed by atoms with Crippen molar-refractivity contribution in [2.24, 2.45) is 5.92 Å². The molecule has 0 bridgehead atoms. The fraction of sp³-hybridized carbons (Fsp3) is 0.571. The van der Waals surface area contributed by atoms with Gasteiger partial charge in [0, 0.05) is 23.5 Å². The Balaban J connectivity index is 1.79. The Bertz CT molecular complexity index is 805. The van der Waals surface area contributed by atoms with E-state index in [1.54, 1.807) is 26.1 Å². The van der Waals surface area contributed by atoms with E-state index in [-0.39, 0.29) is 0 Å². The van der Waals surface area contributed by atoms with Gasteiger partial charge in [0.05, 0.1) is 17.0 Å². The maximum absolute atomic E-state index is 10.2. The number of anilines is 1. The molecule has 2 aromatic heterocycles. The fourth-order valence-electron chi connectivity index (χ4n) is 3.72. The minimum atomic E-state index is -1.04. The van der Waals surface area contributed by atoms with Gasteiger partial charge in [-0.15, -0.1) is 0 Å². The van der Waals surface area contributed by atoms with Gasteiger partial charge < -0.3 is 15.5 Å². The van der Waals surface area contributed by atoms with E-state index in [1.807, 2.05) is 26.0 Å². The van der Waals surface area contributed by atoms with Crippen LogP contribution in [0.3, 0.4) is 0 Å². The first-order chi connectivity index (χ1) is 13.0. The van der Waals surface area contributed by atoms with E-state index in [0.29, 0.717) is 28.5 Å². The molecule has 0 amide bonds. The molecule has 28 heavy (non-hydrogen) atoms. The molecule has 1 aliphatic rings. The van der Waals surface area contributed by atoms with Gasteiger partial charge in [0.2, 0.25) is 0 Å². The standard InChI is InChI=1S/C21H29ClN4O2/c1-20(2,27)13-5-7-14(8-6-13)24-17-11-19(22)23-12-15(17)16-9-10-18(26-25-16)21(3,4)28/h9-14,27-28H,5-8H2,1-4H3,(H,23,24). The van der Waals surface area contributed by atoms with Gasteiger partial charge in [-0.1, -0.05) is 11.6 Å². The van der Waals surface area contributed by atoms with Crippen molar-refractivity contribution in [3.05, 3.63) is 35.2 Å². The highest BCUT2D eigenvalue weighted by molar-refractivity contribution is 6.29. The molecule has 2 heterocycles. The van der Waals surface area contributed by atoms with Gasteiger partial charge in [0.25, 0.3) is 0 Å². The Hall–Kier alpha value is -1.76. The van der Waals surface area contributed by atoms with Crippen LogP contribution in [0.4, 0.5) is 5.69 Å². The van der Waals surface area contributed by atoms with E-state index in [4.69, 9.17) is 11.6 Å². The summed E-state index contributed by atoms with van der Waals surface area (Å²) in [6, 6.07) is 5.72. The quantitative estimate of drug-likeness (QED) is 0.648. The molecule has 0 radical (unpaired) electrons. The zero-order chi connectivity index (χ0) is 20.5. The number of pyridine rings is 1. The van der Waals surface area contributed by atoms with Crippen LogP contribution < -0.4 is 5.32 Å². The molecule has 1 fully saturated rings. The molecule has 3 N–H and O–H groups in total. The van der Waals surface area contributed by atoms with Crippen LogP contribution in [0, 0.1) is 5.92 Å². The lowest BCUT2D eigenvalue weighted by Crippen LogP contribution is -2.37. The lowest BCUT2D eigenvalue weighted by molar-refractivity contribution is -0.000392. The summed E-state index contributed by atoms with van der Waals surface area (Å²) in [5.74, 6) is 0.325. The minimum Gasteiger partial charge on any atom is -0.390 e. The molecule has 0 unspecified atom stereocenters. The van der Waals surface area contributed by atoms with Crippen LogP contribution in [-0.2, 0) is 5.60 Å². The van der Waals surface area contributed by atoms with E-state index >= 15 is 0 Å². The van der Waals surface area contributed by atoms with Crippen molar-refractivity contribution in [2.75, 3.05) is 5.32 Å². The van der Waals surface area contributed by atoms with Crippen LogP contribution in [0.15, 0.2) is 24.4 Å². The van der Waals surface area contributed by atoms with E-state index in [9.17, 15) is 10.2 Å². The first-order valence-corrected chi connectivity index (χ1v) is 10.1.